The van der Waals surface area contributed by atoms with Crippen LogP contribution in [0.25, 0.3) is 0 Å². The molecule has 0 saturated carbocycles. The average molecular weight is 180 g/mol. The van der Waals surface area contributed by atoms with Crippen molar-refractivity contribution in [1.82, 2.24) is 0 Å². The van der Waals surface area contributed by atoms with Crippen LogP contribution in [-0.4, -0.2) is 5.78 Å². The molecule has 1 nitrogen and oxygen atoms in total. The maximum absolute atomic E-state index is 11.2. The predicted molar refractivity (Wildman–Crippen MR) is 57.7 cm³/mol. The second kappa shape index (κ2) is 5.00. The van der Waals surface area contributed by atoms with Gasteiger partial charge in [0.15, 0.2) is 5.78 Å². The van der Waals surface area contributed by atoms with Crippen LogP contribution in [-0.2, 0) is 4.79 Å². The molecule has 0 aromatic rings. The van der Waals surface area contributed by atoms with Crippen LogP contribution in [0.4, 0.5) is 0 Å². The summed E-state index contributed by atoms with van der Waals surface area (Å²) in [5.74, 6) is 0.0873. The van der Waals surface area contributed by atoms with Gasteiger partial charge in [0.05, 0.1) is 0 Å². The quantitative estimate of drug-likeness (QED) is 0.607. The van der Waals surface area contributed by atoms with Crippen molar-refractivity contribution in [3.05, 3.63) is 23.8 Å². The molecule has 0 spiro atoms. The fourth-order valence-electron chi connectivity index (χ4n) is 1.34. The van der Waals surface area contributed by atoms with Crippen LogP contribution in [0.1, 0.15) is 41.0 Å². The van der Waals surface area contributed by atoms with Crippen LogP contribution >= 0.6 is 0 Å². The highest BCUT2D eigenvalue weighted by molar-refractivity contribution is 5.99. The van der Waals surface area contributed by atoms with Gasteiger partial charge in [-0.3, -0.25) is 4.79 Å². The van der Waals surface area contributed by atoms with Crippen molar-refractivity contribution in [2.24, 2.45) is 5.41 Å². The van der Waals surface area contributed by atoms with Gasteiger partial charge in [0, 0.05) is 0 Å². The summed E-state index contributed by atoms with van der Waals surface area (Å²) in [5, 5.41) is 0. The zero-order chi connectivity index (χ0) is 10.5. The van der Waals surface area contributed by atoms with Crippen LogP contribution in [0.3, 0.4) is 0 Å². The summed E-state index contributed by atoms with van der Waals surface area (Å²) in [6, 6.07) is 0. The first kappa shape index (κ1) is 12.2. The van der Waals surface area contributed by atoms with Gasteiger partial charge in [-0.05, 0) is 37.8 Å². The minimum Gasteiger partial charge on any atom is -0.290 e. The second-order valence-electron chi connectivity index (χ2n) is 4.63. The molecule has 74 valence electrons. The highest BCUT2D eigenvalue weighted by Crippen LogP contribution is 2.23. The minimum absolute atomic E-state index is 0.0873. The van der Waals surface area contributed by atoms with Crippen molar-refractivity contribution in [2.45, 2.75) is 41.0 Å². The van der Waals surface area contributed by atoms with Crippen LogP contribution in [0.15, 0.2) is 23.8 Å². The van der Waals surface area contributed by atoms with E-state index < -0.39 is 0 Å². The van der Waals surface area contributed by atoms with E-state index in [0.29, 0.717) is 0 Å². The Hall–Kier alpha value is -0.850. The fraction of sp³-hybridized carbons (Fsp3) is 0.583. The molecule has 0 aliphatic rings. The molecule has 0 atom stereocenters. The number of allylic oxidation sites excluding steroid dienone is 4. The van der Waals surface area contributed by atoms with E-state index in [1.807, 2.05) is 13.8 Å². The highest BCUT2D eigenvalue weighted by atomic mass is 16.1. The molecule has 0 aliphatic heterocycles. The van der Waals surface area contributed by atoms with E-state index in [1.54, 1.807) is 18.2 Å². The van der Waals surface area contributed by atoms with Gasteiger partial charge in [-0.2, -0.15) is 0 Å². The summed E-state index contributed by atoms with van der Waals surface area (Å²) in [7, 11) is 0. The Balaban J connectivity index is 4.26. The van der Waals surface area contributed by atoms with Crippen LogP contribution < -0.4 is 0 Å². The van der Waals surface area contributed by atoms with Gasteiger partial charge in [0.1, 0.15) is 0 Å². The molecule has 0 amide bonds. The Labute approximate surface area is 81.5 Å². The Morgan fingerprint density at radius 3 is 2.23 bits per heavy atom. The van der Waals surface area contributed by atoms with Gasteiger partial charge in [-0.25, -0.2) is 0 Å². The van der Waals surface area contributed by atoms with Gasteiger partial charge in [-0.1, -0.05) is 32.4 Å². The van der Waals surface area contributed by atoms with Crippen molar-refractivity contribution in [3.8, 4) is 0 Å². The number of carbonyl (C=O) groups excluding carboxylic acids is 1. The molecule has 0 fully saturated rings. The molecule has 0 bridgehead atoms. The van der Waals surface area contributed by atoms with Crippen molar-refractivity contribution in [3.63, 3.8) is 0 Å². The average Bonchev–Trinajstić information content (AvgIpc) is 1.81. The summed E-state index contributed by atoms with van der Waals surface area (Å²) in [6.07, 6.45) is 6.04. The standard InChI is InChI=1S/C12H20O/c1-6-7-11(13)8-10(2)9-12(3,4)5/h6-8H,9H2,1-5H3/b7-6+,10-8+. The van der Waals surface area contributed by atoms with E-state index in [2.05, 4.69) is 20.8 Å². The minimum atomic E-state index is 0.0873. The van der Waals surface area contributed by atoms with Gasteiger partial charge in [-0.15, -0.1) is 0 Å². The molecule has 13 heavy (non-hydrogen) atoms. The molecule has 0 unspecified atom stereocenters. The predicted octanol–water partition coefficient (Wildman–Crippen LogP) is 3.51. The Bertz CT molecular complexity index is 226. The Morgan fingerprint density at radius 2 is 1.85 bits per heavy atom. The Morgan fingerprint density at radius 1 is 1.31 bits per heavy atom. The van der Waals surface area contributed by atoms with E-state index in [1.165, 1.54) is 0 Å². The van der Waals surface area contributed by atoms with Crippen molar-refractivity contribution >= 4 is 5.78 Å². The molecule has 0 heterocycles. The summed E-state index contributed by atoms with van der Waals surface area (Å²) >= 11 is 0. The normalized spacial score (nSPS) is 13.8. The number of carbonyl (C=O) groups is 1. The number of ketones is 1. The first-order valence-electron chi connectivity index (χ1n) is 4.69. The number of rotatable bonds is 3. The van der Waals surface area contributed by atoms with E-state index in [0.717, 1.165) is 12.0 Å². The van der Waals surface area contributed by atoms with Crippen LogP contribution in [0.5, 0.6) is 0 Å². The topological polar surface area (TPSA) is 17.1 Å². The molecular formula is C12H20O. The zero-order valence-corrected chi connectivity index (χ0v) is 9.35. The summed E-state index contributed by atoms with van der Waals surface area (Å²) < 4.78 is 0. The van der Waals surface area contributed by atoms with Crippen LogP contribution in [0.2, 0.25) is 0 Å². The summed E-state index contributed by atoms with van der Waals surface area (Å²) in [4.78, 5) is 11.2. The molecule has 0 radical (unpaired) electrons. The maximum Gasteiger partial charge on any atom is 0.178 e. The summed E-state index contributed by atoms with van der Waals surface area (Å²) in [6.45, 7) is 10.4. The van der Waals surface area contributed by atoms with E-state index in [9.17, 15) is 4.79 Å². The second-order valence-corrected chi connectivity index (χ2v) is 4.63. The van der Waals surface area contributed by atoms with Crippen LogP contribution in [0, 0.1) is 5.41 Å². The van der Waals surface area contributed by atoms with Crippen molar-refractivity contribution < 1.29 is 4.79 Å². The monoisotopic (exact) mass is 180 g/mol. The SMILES string of the molecule is C/C=C/C(=O)/C=C(\C)CC(C)(C)C. The van der Waals surface area contributed by atoms with Gasteiger partial charge in [0.2, 0.25) is 0 Å². The molecule has 0 rings (SSSR count). The summed E-state index contributed by atoms with van der Waals surface area (Å²) in [5.41, 5.74) is 1.41. The molecule has 0 aromatic heterocycles. The Kier molecular flexibility index (Phi) is 4.68. The fourth-order valence-corrected chi connectivity index (χ4v) is 1.34. The largest absolute Gasteiger partial charge is 0.290 e. The van der Waals surface area contributed by atoms with E-state index >= 15 is 0 Å². The van der Waals surface area contributed by atoms with Gasteiger partial charge >= 0.3 is 0 Å². The molecule has 0 aromatic carbocycles. The third kappa shape index (κ3) is 7.51. The third-order valence-corrected chi connectivity index (χ3v) is 1.53. The highest BCUT2D eigenvalue weighted by Gasteiger charge is 2.10. The van der Waals surface area contributed by atoms with Crippen molar-refractivity contribution in [2.75, 3.05) is 0 Å². The first-order valence-corrected chi connectivity index (χ1v) is 4.69. The van der Waals surface area contributed by atoms with Gasteiger partial charge in [0.25, 0.3) is 0 Å². The van der Waals surface area contributed by atoms with E-state index in [-0.39, 0.29) is 11.2 Å². The lowest BCUT2D eigenvalue weighted by atomic mass is 9.88. The number of hydrogen-bond acceptors (Lipinski definition) is 1. The lowest BCUT2D eigenvalue weighted by molar-refractivity contribution is -0.110. The smallest absolute Gasteiger partial charge is 0.178 e. The molecule has 0 aliphatic carbocycles. The lowest BCUT2D eigenvalue weighted by Crippen LogP contribution is -2.05. The molecule has 1 heteroatoms. The maximum atomic E-state index is 11.2. The zero-order valence-electron chi connectivity index (χ0n) is 9.35. The molecule has 0 saturated heterocycles. The molecular weight excluding hydrogens is 160 g/mol. The van der Waals surface area contributed by atoms with Crippen molar-refractivity contribution in [1.29, 1.82) is 0 Å². The number of hydrogen-bond donors (Lipinski definition) is 0. The molecule has 0 N–H and O–H groups in total. The third-order valence-electron chi connectivity index (χ3n) is 1.53. The lowest BCUT2D eigenvalue weighted by Gasteiger charge is -2.17. The first-order chi connectivity index (χ1) is 5.85. The van der Waals surface area contributed by atoms with E-state index in [4.69, 9.17) is 0 Å². The van der Waals surface area contributed by atoms with Gasteiger partial charge < -0.3 is 0 Å².